The van der Waals surface area contributed by atoms with Gasteiger partial charge in [-0.25, -0.2) is 0 Å². The summed E-state index contributed by atoms with van der Waals surface area (Å²) in [4.78, 5) is 15.2. The van der Waals surface area contributed by atoms with Crippen molar-refractivity contribution in [2.24, 2.45) is 0 Å². The highest BCUT2D eigenvalue weighted by molar-refractivity contribution is 6.00. The highest BCUT2D eigenvalue weighted by Gasteiger charge is 2.43. The van der Waals surface area contributed by atoms with Gasteiger partial charge in [-0.3, -0.25) is 9.89 Å². The number of aromatic amines is 1. The quantitative estimate of drug-likeness (QED) is 0.388. The molecular formula is C26H25N3O5. The topological polar surface area (TPSA) is 101 Å². The number of H-pyrrole nitrogens is 1. The van der Waals surface area contributed by atoms with Gasteiger partial charge in [0, 0.05) is 11.1 Å². The molecule has 34 heavy (non-hydrogen) atoms. The van der Waals surface area contributed by atoms with Gasteiger partial charge in [0.15, 0.2) is 11.5 Å². The number of phenolic OH excluding ortho intramolecular Hbond substituents is 1. The number of carbonyl (C=O) groups is 1. The molecule has 0 saturated carbocycles. The molecule has 4 aromatic rings. The minimum atomic E-state index is -0.476. The molecular weight excluding hydrogens is 434 g/mol. The first-order chi connectivity index (χ1) is 16.6. The smallest absolute Gasteiger partial charge is 0.273 e. The van der Waals surface area contributed by atoms with E-state index in [-0.39, 0.29) is 18.2 Å². The fraction of sp³-hybridized carbons (Fsp3) is 0.231. The van der Waals surface area contributed by atoms with Gasteiger partial charge < -0.3 is 23.9 Å². The lowest BCUT2D eigenvalue weighted by atomic mass is 9.95. The lowest BCUT2D eigenvalue weighted by Crippen LogP contribution is -2.29. The van der Waals surface area contributed by atoms with Crippen LogP contribution in [-0.4, -0.2) is 39.3 Å². The van der Waals surface area contributed by atoms with E-state index in [4.69, 9.17) is 13.9 Å². The van der Waals surface area contributed by atoms with E-state index in [0.29, 0.717) is 53.0 Å². The van der Waals surface area contributed by atoms with Crippen LogP contribution >= 0.6 is 0 Å². The van der Waals surface area contributed by atoms with Gasteiger partial charge in [-0.2, -0.15) is 5.10 Å². The second-order valence-corrected chi connectivity index (χ2v) is 7.87. The molecule has 0 radical (unpaired) electrons. The first-order valence-electron chi connectivity index (χ1n) is 11.2. The minimum absolute atomic E-state index is 0.0918. The number of hydrogen-bond acceptors (Lipinski definition) is 6. The summed E-state index contributed by atoms with van der Waals surface area (Å²) in [5.41, 5.74) is 3.00. The summed E-state index contributed by atoms with van der Waals surface area (Å²) in [5, 5.41) is 17.8. The van der Waals surface area contributed by atoms with Crippen LogP contribution in [0.3, 0.4) is 0 Å². The molecule has 8 heteroatoms. The summed E-state index contributed by atoms with van der Waals surface area (Å²) >= 11 is 0. The van der Waals surface area contributed by atoms with Crippen LogP contribution in [-0.2, 0) is 6.54 Å². The number of aromatic hydroxyl groups is 1. The standard InChI is InChI=1S/C26H25N3O5/c1-3-32-20-12-11-16(14-21(20)33-4-2)25-22-23(18-9-5-6-10-19(18)30)27-28-24(22)26(31)29(25)15-17-8-7-13-34-17/h5-14,25,30H,3-4,15H2,1-2H3,(H,27,28). The van der Waals surface area contributed by atoms with Crippen LogP contribution in [0.4, 0.5) is 0 Å². The summed E-state index contributed by atoms with van der Waals surface area (Å²) in [6.07, 6.45) is 1.59. The van der Waals surface area contributed by atoms with Gasteiger partial charge in [0.2, 0.25) is 0 Å². The van der Waals surface area contributed by atoms with Gasteiger partial charge in [0.1, 0.15) is 22.9 Å². The highest BCUT2D eigenvalue weighted by Crippen LogP contribution is 2.46. The van der Waals surface area contributed by atoms with Gasteiger partial charge in [-0.1, -0.05) is 18.2 Å². The molecule has 2 aromatic heterocycles. The molecule has 2 N–H and O–H groups in total. The molecule has 1 aliphatic heterocycles. The summed E-state index contributed by atoms with van der Waals surface area (Å²) in [6.45, 7) is 5.09. The van der Waals surface area contributed by atoms with Crippen molar-refractivity contribution in [3.8, 4) is 28.5 Å². The SMILES string of the molecule is CCOc1ccc(C2c3c(-c4ccccc4O)n[nH]c3C(=O)N2Cc2ccco2)cc1OCC. The van der Waals surface area contributed by atoms with Crippen LogP contribution in [0.15, 0.2) is 65.3 Å². The number of furan rings is 1. The van der Waals surface area contributed by atoms with Gasteiger partial charge >= 0.3 is 0 Å². The molecule has 5 rings (SSSR count). The Morgan fingerprint density at radius 1 is 1.06 bits per heavy atom. The van der Waals surface area contributed by atoms with E-state index in [2.05, 4.69) is 10.2 Å². The summed E-state index contributed by atoms with van der Waals surface area (Å²) in [7, 11) is 0. The van der Waals surface area contributed by atoms with Crippen molar-refractivity contribution in [3.05, 3.63) is 83.4 Å². The van der Waals surface area contributed by atoms with Crippen LogP contribution in [0.25, 0.3) is 11.3 Å². The third kappa shape index (κ3) is 3.67. The maximum absolute atomic E-state index is 13.5. The van der Waals surface area contributed by atoms with E-state index in [1.54, 1.807) is 35.4 Å². The predicted molar refractivity (Wildman–Crippen MR) is 125 cm³/mol. The average molecular weight is 460 g/mol. The maximum Gasteiger partial charge on any atom is 0.273 e. The molecule has 3 heterocycles. The van der Waals surface area contributed by atoms with Gasteiger partial charge in [-0.05, 0) is 55.8 Å². The third-order valence-corrected chi connectivity index (χ3v) is 5.81. The minimum Gasteiger partial charge on any atom is -0.507 e. The van der Waals surface area contributed by atoms with Crippen molar-refractivity contribution in [2.75, 3.05) is 13.2 Å². The van der Waals surface area contributed by atoms with Gasteiger partial charge in [-0.15, -0.1) is 0 Å². The van der Waals surface area contributed by atoms with E-state index < -0.39 is 6.04 Å². The number of ether oxygens (including phenoxy) is 2. The van der Waals surface area contributed by atoms with E-state index >= 15 is 0 Å². The fourth-order valence-corrected chi connectivity index (χ4v) is 4.39. The van der Waals surface area contributed by atoms with Crippen molar-refractivity contribution >= 4 is 5.91 Å². The molecule has 174 valence electrons. The Hall–Kier alpha value is -4.20. The first kappa shape index (κ1) is 21.6. The van der Waals surface area contributed by atoms with Gasteiger partial charge in [0.25, 0.3) is 5.91 Å². The van der Waals surface area contributed by atoms with Crippen LogP contribution in [0.2, 0.25) is 0 Å². The van der Waals surface area contributed by atoms with Crippen LogP contribution in [0, 0.1) is 0 Å². The molecule has 2 aromatic carbocycles. The number of aromatic nitrogens is 2. The zero-order valence-electron chi connectivity index (χ0n) is 18.9. The van der Waals surface area contributed by atoms with Crippen molar-refractivity contribution < 1.29 is 23.8 Å². The zero-order valence-corrected chi connectivity index (χ0v) is 18.9. The Balaban J connectivity index is 1.67. The molecule has 1 unspecified atom stereocenters. The zero-order chi connectivity index (χ0) is 23.7. The molecule has 1 atom stereocenters. The lowest BCUT2D eigenvalue weighted by Gasteiger charge is -2.26. The number of para-hydroxylation sites is 1. The maximum atomic E-state index is 13.5. The number of phenols is 1. The van der Waals surface area contributed by atoms with Crippen molar-refractivity contribution in [1.82, 2.24) is 15.1 Å². The molecule has 0 saturated heterocycles. The highest BCUT2D eigenvalue weighted by atomic mass is 16.5. The number of rotatable bonds is 8. The predicted octanol–water partition coefficient (Wildman–Crippen LogP) is 4.92. The summed E-state index contributed by atoms with van der Waals surface area (Å²) < 4.78 is 17.1. The molecule has 0 bridgehead atoms. The molecule has 0 aliphatic carbocycles. The summed E-state index contributed by atoms with van der Waals surface area (Å²) in [6, 6.07) is 15.8. The second-order valence-electron chi connectivity index (χ2n) is 7.87. The third-order valence-electron chi connectivity index (χ3n) is 5.81. The molecule has 0 fully saturated rings. The van der Waals surface area contributed by atoms with Crippen LogP contribution < -0.4 is 9.47 Å². The van der Waals surface area contributed by atoms with Gasteiger partial charge in [0.05, 0.1) is 32.1 Å². The number of nitrogens with one attached hydrogen (secondary N) is 1. The Labute approximate surface area is 196 Å². The Bertz CT molecular complexity index is 1310. The van der Waals surface area contributed by atoms with E-state index in [1.807, 2.05) is 44.2 Å². The number of benzene rings is 2. The Morgan fingerprint density at radius 2 is 1.85 bits per heavy atom. The first-order valence-corrected chi connectivity index (χ1v) is 11.2. The normalized spacial score (nSPS) is 14.9. The van der Waals surface area contributed by atoms with E-state index in [0.717, 1.165) is 5.56 Å². The monoisotopic (exact) mass is 459 g/mol. The van der Waals surface area contributed by atoms with Crippen LogP contribution in [0.1, 0.15) is 47.3 Å². The van der Waals surface area contributed by atoms with E-state index in [9.17, 15) is 9.90 Å². The molecule has 0 spiro atoms. The average Bonchev–Trinajstić information content (AvgIpc) is 3.56. The fourth-order valence-electron chi connectivity index (χ4n) is 4.39. The van der Waals surface area contributed by atoms with Crippen molar-refractivity contribution in [2.45, 2.75) is 26.4 Å². The molecule has 1 amide bonds. The Morgan fingerprint density at radius 3 is 2.59 bits per heavy atom. The number of fused-ring (bicyclic) bond motifs is 1. The van der Waals surface area contributed by atoms with E-state index in [1.165, 1.54) is 0 Å². The van der Waals surface area contributed by atoms with Crippen LogP contribution in [0.5, 0.6) is 17.2 Å². The number of hydrogen-bond donors (Lipinski definition) is 2. The Kier molecular flexibility index (Phi) is 5.71. The van der Waals surface area contributed by atoms with Crippen molar-refractivity contribution in [1.29, 1.82) is 0 Å². The number of amides is 1. The molecule has 1 aliphatic rings. The van der Waals surface area contributed by atoms with Crippen molar-refractivity contribution in [3.63, 3.8) is 0 Å². The number of carbonyl (C=O) groups excluding carboxylic acids is 1. The second kappa shape index (κ2) is 8.97. The summed E-state index contributed by atoms with van der Waals surface area (Å²) in [5.74, 6) is 1.81. The lowest BCUT2D eigenvalue weighted by molar-refractivity contribution is 0.0716. The largest absolute Gasteiger partial charge is 0.507 e. The number of nitrogens with zero attached hydrogens (tertiary/aromatic N) is 2. The molecule has 8 nitrogen and oxygen atoms in total.